The van der Waals surface area contributed by atoms with Gasteiger partial charge in [0.2, 0.25) is 0 Å². The number of hydrogen-bond donors (Lipinski definition) is 1. The number of aryl methyl sites for hydroxylation is 1. The van der Waals surface area contributed by atoms with Crippen molar-refractivity contribution in [3.63, 3.8) is 0 Å². The van der Waals surface area contributed by atoms with Gasteiger partial charge in [0.05, 0.1) is 17.1 Å². The lowest BCUT2D eigenvalue weighted by Crippen LogP contribution is -2.29. The molecule has 1 aliphatic heterocycles. The third kappa shape index (κ3) is 4.77. The van der Waals surface area contributed by atoms with Crippen molar-refractivity contribution in [3.05, 3.63) is 24.0 Å². The van der Waals surface area contributed by atoms with Gasteiger partial charge in [-0.3, -0.25) is 0 Å². The molecule has 0 amide bonds. The van der Waals surface area contributed by atoms with Crippen molar-refractivity contribution in [3.8, 4) is 0 Å². The molecule has 0 aliphatic carbocycles. The van der Waals surface area contributed by atoms with Gasteiger partial charge < -0.3 is 24.7 Å². The van der Waals surface area contributed by atoms with Crippen molar-refractivity contribution in [2.24, 2.45) is 0 Å². The lowest BCUT2D eigenvalue weighted by Gasteiger charge is -2.29. The molecule has 2 aromatic heterocycles. The second-order valence-corrected chi connectivity index (χ2v) is 8.53. The van der Waals surface area contributed by atoms with Crippen LogP contribution in [0.25, 0.3) is 21.9 Å². The molecule has 1 fully saturated rings. The number of nitrogens with two attached hydrogens (primary N) is 1. The smallest absolute Gasteiger partial charge is 0.152 e. The summed E-state index contributed by atoms with van der Waals surface area (Å²) < 4.78 is 13.7. The summed E-state index contributed by atoms with van der Waals surface area (Å²) >= 11 is 0. The summed E-state index contributed by atoms with van der Waals surface area (Å²) in [6.07, 6.45) is 4.95. The van der Waals surface area contributed by atoms with Crippen molar-refractivity contribution in [1.29, 1.82) is 0 Å². The summed E-state index contributed by atoms with van der Waals surface area (Å²) in [6.45, 7) is 11.0. The second-order valence-electron chi connectivity index (χ2n) is 8.53. The lowest BCUT2D eigenvalue weighted by atomic mass is 10.1. The molecule has 0 saturated carbocycles. The van der Waals surface area contributed by atoms with Crippen molar-refractivity contribution < 1.29 is 9.47 Å². The van der Waals surface area contributed by atoms with Crippen LogP contribution in [0.4, 0.5) is 11.5 Å². The fraction of sp³-hybridized carbons (Fsp3) is 0.583. The first kappa shape index (κ1) is 21.8. The van der Waals surface area contributed by atoms with Gasteiger partial charge in [0.1, 0.15) is 17.9 Å². The first-order valence-electron chi connectivity index (χ1n) is 11.6. The van der Waals surface area contributed by atoms with Gasteiger partial charge in [-0.2, -0.15) is 0 Å². The van der Waals surface area contributed by atoms with E-state index in [9.17, 15) is 0 Å². The Morgan fingerprint density at radius 2 is 1.94 bits per heavy atom. The monoisotopic (exact) mass is 425 g/mol. The minimum absolute atomic E-state index is 0.233. The number of hydrogen-bond acceptors (Lipinski definition) is 6. The van der Waals surface area contributed by atoms with Crippen LogP contribution in [0.3, 0.4) is 0 Å². The van der Waals surface area contributed by atoms with Crippen LogP contribution in [-0.4, -0.2) is 46.9 Å². The largest absolute Gasteiger partial charge is 0.382 e. The first-order chi connectivity index (χ1) is 15.1. The number of nitrogen functional groups attached to an aromatic ring is 1. The molecule has 0 atom stereocenters. The van der Waals surface area contributed by atoms with E-state index in [0.717, 1.165) is 53.8 Å². The minimum Gasteiger partial charge on any atom is -0.382 e. The molecule has 0 bridgehead atoms. The summed E-state index contributed by atoms with van der Waals surface area (Å²) in [5.74, 6) is 1.37. The van der Waals surface area contributed by atoms with Gasteiger partial charge >= 0.3 is 0 Å². The third-order valence-electron chi connectivity index (χ3n) is 5.90. The normalized spacial score (nSPS) is 14.9. The van der Waals surface area contributed by atoms with E-state index in [0.29, 0.717) is 25.6 Å². The van der Waals surface area contributed by atoms with Gasteiger partial charge in [0, 0.05) is 43.9 Å². The van der Waals surface area contributed by atoms with Crippen molar-refractivity contribution in [2.45, 2.75) is 65.7 Å². The number of aromatic nitrogens is 3. The molecular weight excluding hydrogens is 390 g/mol. The van der Waals surface area contributed by atoms with Gasteiger partial charge in [0.15, 0.2) is 5.82 Å². The summed E-state index contributed by atoms with van der Waals surface area (Å²) in [5.41, 5.74) is 10.4. The van der Waals surface area contributed by atoms with Crippen LogP contribution < -0.4 is 10.6 Å². The van der Waals surface area contributed by atoms with E-state index in [-0.39, 0.29) is 6.10 Å². The zero-order valence-corrected chi connectivity index (χ0v) is 19.1. The van der Waals surface area contributed by atoms with Crippen LogP contribution in [0.5, 0.6) is 0 Å². The average Bonchev–Trinajstić information content (AvgIpc) is 3.14. The Balaban J connectivity index is 1.75. The van der Waals surface area contributed by atoms with Gasteiger partial charge in [-0.05, 0) is 64.7 Å². The number of nitrogens with zero attached hydrogens (tertiary/aromatic N) is 4. The molecule has 168 valence electrons. The molecule has 31 heavy (non-hydrogen) atoms. The molecule has 0 radical (unpaired) electrons. The summed E-state index contributed by atoms with van der Waals surface area (Å²) in [7, 11) is 0. The predicted molar refractivity (Wildman–Crippen MR) is 127 cm³/mol. The van der Waals surface area contributed by atoms with Crippen LogP contribution in [0.2, 0.25) is 0 Å². The maximum atomic E-state index is 6.39. The zero-order valence-electron chi connectivity index (χ0n) is 19.1. The Labute approximate surface area is 184 Å². The molecule has 3 aromatic rings. The quantitative estimate of drug-likeness (QED) is 0.508. The zero-order chi connectivity index (χ0) is 21.8. The van der Waals surface area contributed by atoms with Crippen LogP contribution in [-0.2, 0) is 22.6 Å². The minimum atomic E-state index is 0.233. The molecule has 1 aromatic carbocycles. The lowest BCUT2D eigenvalue weighted by molar-refractivity contribution is 0.0742. The standard InChI is InChI=1S/C24H35N5O2/c1-4-30-16-21-27-22-23(29(21)13-8-14-31-17(2)3)19-10-9-18(15-20(19)26-24(22)25)28-11-6-5-7-12-28/h9-10,15,17H,4-8,11-14,16H2,1-3H3,(H2,25,26). The fourth-order valence-corrected chi connectivity index (χ4v) is 4.38. The number of ether oxygens (including phenoxy) is 2. The summed E-state index contributed by atoms with van der Waals surface area (Å²) in [5, 5.41) is 1.09. The maximum absolute atomic E-state index is 6.39. The number of rotatable bonds is 9. The summed E-state index contributed by atoms with van der Waals surface area (Å²) in [4.78, 5) is 12.0. The number of imidazole rings is 1. The van der Waals surface area contributed by atoms with Gasteiger partial charge in [-0.15, -0.1) is 0 Å². The van der Waals surface area contributed by atoms with Gasteiger partial charge in [0.25, 0.3) is 0 Å². The van der Waals surface area contributed by atoms with Crippen LogP contribution in [0.1, 0.15) is 52.3 Å². The number of piperidine rings is 1. The van der Waals surface area contributed by atoms with Crippen LogP contribution in [0.15, 0.2) is 18.2 Å². The van der Waals surface area contributed by atoms with Crippen molar-refractivity contribution in [2.75, 3.05) is 36.9 Å². The van der Waals surface area contributed by atoms with Crippen molar-refractivity contribution >= 4 is 33.4 Å². The Hall–Kier alpha value is -2.38. The molecular formula is C24H35N5O2. The number of fused-ring (bicyclic) bond motifs is 3. The second kappa shape index (κ2) is 9.83. The maximum Gasteiger partial charge on any atom is 0.152 e. The molecule has 1 saturated heterocycles. The molecule has 3 heterocycles. The van der Waals surface area contributed by atoms with Crippen LogP contribution in [0, 0.1) is 0 Å². The molecule has 7 nitrogen and oxygen atoms in total. The van der Waals surface area contributed by atoms with Crippen LogP contribution >= 0.6 is 0 Å². The molecule has 0 unspecified atom stereocenters. The number of benzene rings is 1. The van der Waals surface area contributed by atoms with Gasteiger partial charge in [-0.25, -0.2) is 9.97 Å². The van der Waals surface area contributed by atoms with Gasteiger partial charge in [-0.1, -0.05) is 0 Å². The number of anilines is 2. The highest BCUT2D eigenvalue weighted by Crippen LogP contribution is 2.32. The van der Waals surface area contributed by atoms with E-state index in [2.05, 4.69) is 41.5 Å². The Kier molecular flexibility index (Phi) is 6.92. The average molecular weight is 426 g/mol. The molecule has 1 aliphatic rings. The van der Waals surface area contributed by atoms with E-state index in [4.69, 9.17) is 25.2 Å². The van der Waals surface area contributed by atoms with E-state index >= 15 is 0 Å². The van der Waals surface area contributed by atoms with E-state index in [1.807, 2.05) is 6.92 Å². The first-order valence-corrected chi connectivity index (χ1v) is 11.6. The molecule has 7 heteroatoms. The van der Waals surface area contributed by atoms with Crippen molar-refractivity contribution in [1.82, 2.24) is 14.5 Å². The highest BCUT2D eigenvalue weighted by molar-refractivity contribution is 6.07. The number of pyridine rings is 1. The highest BCUT2D eigenvalue weighted by Gasteiger charge is 2.19. The van der Waals surface area contributed by atoms with E-state index < -0.39 is 0 Å². The Morgan fingerprint density at radius 3 is 2.68 bits per heavy atom. The predicted octanol–water partition coefficient (Wildman–Crippen LogP) is 4.51. The molecule has 0 spiro atoms. The molecule has 4 rings (SSSR count). The Morgan fingerprint density at radius 1 is 1.13 bits per heavy atom. The molecule has 2 N–H and O–H groups in total. The van der Waals surface area contributed by atoms with E-state index in [1.165, 1.54) is 24.9 Å². The Bertz CT molecular complexity index is 1020. The SMILES string of the molecule is CCOCc1nc2c(N)nc3cc(N4CCCCC4)ccc3c2n1CCCOC(C)C. The topological polar surface area (TPSA) is 78.4 Å². The highest BCUT2D eigenvalue weighted by atomic mass is 16.5. The fourth-order valence-electron chi connectivity index (χ4n) is 4.38. The third-order valence-corrected chi connectivity index (χ3v) is 5.90. The van der Waals surface area contributed by atoms with E-state index in [1.54, 1.807) is 0 Å². The summed E-state index contributed by atoms with van der Waals surface area (Å²) in [6, 6.07) is 6.57.